The molecule has 1 aliphatic heterocycles. The van der Waals surface area contributed by atoms with Crippen LogP contribution in [0.25, 0.3) is 0 Å². The molecule has 21 heavy (non-hydrogen) atoms. The number of rotatable bonds is 7. The quantitative estimate of drug-likeness (QED) is 0.832. The molecule has 2 heterocycles. The molecule has 5 nitrogen and oxygen atoms in total. The first-order valence-electron chi connectivity index (χ1n) is 7.79. The van der Waals surface area contributed by atoms with Gasteiger partial charge in [-0.1, -0.05) is 6.92 Å². The van der Waals surface area contributed by atoms with Crippen molar-refractivity contribution in [2.75, 3.05) is 32.8 Å². The summed E-state index contributed by atoms with van der Waals surface area (Å²) < 4.78 is 5.32. The molecule has 0 unspecified atom stereocenters. The van der Waals surface area contributed by atoms with E-state index in [2.05, 4.69) is 22.1 Å². The normalized spacial score (nSPS) is 17.4. The van der Waals surface area contributed by atoms with Gasteiger partial charge in [0.1, 0.15) is 0 Å². The van der Waals surface area contributed by atoms with E-state index in [1.165, 1.54) is 0 Å². The Bertz CT molecular complexity index is 419. The van der Waals surface area contributed by atoms with E-state index in [9.17, 15) is 4.79 Å². The maximum atomic E-state index is 12.1. The summed E-state index contributed by atoms with van der Waals surface area (Å²) in [5.74, 6) is 0.131. The number of ether oxygens (including phenoxy) is 1. The largest absolute Gasteiger partial charge is 0.379 e. The number of pyridine rings is 1. The van der Waals surface area contributed by atoms with Crippen molar-refractivity contribution >= 4 is 5.91 Å². The first-order chi connectivity index (χ1) is 10.3. The Morgan fingerprint density at radius 1 is 1.38 bits per heavy atom. The van der Waals surface area contributed by atoms with Crippen molar-refractivity contribution in [1.82, 2.24) is 15.2 Å². The highest BCUT2D eigenvalue weighted by molar-refractivity contribution is 5.76. The van der Waals surface area contributed by atoms with E-state index in [1.807, 2.05) is 12.1 Å². The summed E-state index contributed by atoms with van der Waals surface area (Å²) in [6, 6.07) is 4.01. The van der Waals surface area contributed by atoms with E-state index in [0.717, 1.165) is 51.3 Å². The van der Waals surface area contributed by atoms with Gasteiger partial charge in [0.2, 0.25) is 5.91 Å². The molecule has 1 saturated heterocycles. The Morgan fingerprint density at radius 2 is 2.10 bits per heavy atom. The fourth-order valence-corrected chi connectivity index (χ4v) is 2.57. The second kappa shape index (κ2) is 8.74. The van der Waals surface area contributed by atoms with Crippen LogP contribution >= 0.6 is 0 Å². The molecule has 1 N–H and O–H groups in total. The third-order valence-electron chi connectivity index (χ3n) is 3.83. The number of hydrogen-bond donors (Lipinski definition) is 1. The standard InChI is InChI=1S/C16H25N3O2/c1-2-15(14-5-7-17-8-6-14)18-16(20)4-3-9-19-10-12-21-13-11-19/h5-8,15H,2-4,9-13H2,1H3,(H,18,20)/t15-/m0/s1. The summed E-state index contributed by atoms with van der Waals surface area (Å²) in [5.41, 5.74) is 1.12. The van der Waals surface area contributed by atoms with Gasteiger partial charge in [-0.3, -0.25) is 14.7 Å². The monoisotopic (exact) mass is 291 g/mol. The summed E-state index contributed by atoms with van der Waals surface area (Å²) in [5, 5.41) is 3.11. The molecular weight excluding hydrogens is 266 g/mol. The highest BCUT2D eigenvalue weighted by atomic mass is 16.5. The summed E-state index contributed by atoms with van der Waals surface area (Å²) in [7, 11) is 0. The Hall–Kier alpha value is -1.46. The lowest BCUT2D eigenvalue weighted by atomic mass is 10.1. The third-order valence-corrected chi connectivity index (χ3v) is 3.83. The Labute approximate surface area is 126 Å². The predicted molar refractivity (Wildman–Crippen MR) is 81.9 cm³/mol. The van der Waals surface area contributed by atoms with E-state index in [1.54, 1.807) is 12.4 Å². The first kappa shape index (κ1) is 15.9. The van der Waals surface area contributed by atoms with Gasteiger partial charge >= 0.3 is 0 Å². The number of carbonyl (C=O) groups is 1. The Kier molecular flexibility index (Phi) is 6.63. The van der Waals surface area contributed by atoms with Crippen LogP contribution in [0.15, 0.2) is 24.5 Å². The molecule has 0 aromatic carbocycles. The highest BCUT2D eigenvalue weighted by Gasteiger charge is 2.14. The van der Waals surface area contributed by atoms with Gasteiger partial charge in [0.25, 0.3) is 0 Å². The van der Waals surface area contributed by atoms with Crippen LogP contribution in [0.1, 0.15) is 37.8 Å². The van der Waals surface area contributed by atoms with Crippen molar-refractivity contribution in [2.24, 2.45) is 0 Å². The summed E-state index contributed by atoms with van der Waals surface area (Å²) in [6.07, 6.45) is 5.90. The maximum Gasteiger partial charge on any atom is 0.220 e. The van der Waals surface area contributed by atoms with Gasteiger partial charge in [-0.05, 0) is 37.1 Å². The number of hydrogen-bond acceptors (Lipinski definition) is 4. The molecule has 1 aromatic rings. The number of aromatic nitrogens is 1. The van der Waals surface area contributed by atoms with E-state index >= 15 is 0 Å². The van der Waals surface area contributed by atoms with Crippen molar-refractivity contribution < 1.29 is 9.53 Å². The number of amides is 1. The van der Waals surface area contributed by atoms with Gasteiger partial charge in [0.05, 0.1) is 19.3 Å². The molecule has 1 fully saturated rings. The molecule has 1 atom stereocenters. The van der Waals surface area contributed by atoms with Crippen molar-refractivity contribution in [3.8, 4) is 0 Å². The van der Waals surface area contributed by atoms with E-state index < -0.39 is 0 Å². The Morgan fingerprint density at radius 3 is 2.76 bits per heavy atom. The molecule has 0 bridgehead atoms. The van der Waals surface area contributed by atoms with Crippen molar-refractivity contribution in [3.05, 3.63) is 30.1 Å². The smallest absolute Gasteiger partial charge is 0.220 e. The number of carbonyl (C=O) groups excluding carboxylic acids is 1. The van der Waals surface area contributed by atoms with Crippen LogP contribution in [0.4, 0.5) is 0 Å². The van der Waals surface area contributed by atoms with Crippen LogP contribution in [-0.4, -0.2) is 48.6 Å². The zero-order valence-electron chi connectivity index (χ0n) is 12.8. The maximum absolute atomic E-state index is 12.1. The highest BCUT2D eigenvalue weighted by Crippen LogP contribution is 2.15. The lowest BCUT2D eigenvalue weighted by Crippen LogP contribution is -2.37. The van der Waals surface area contributed by atoms with Crippen LogP contribution in [0, 0.1) is 0 Å². The van der Waals surface area contributed by atoms with Crippen molar-refractivity contribution in [2.45, 2.75) is 32.2 Å². The zero-order valence-corrected chi connectivity index (χ0v) is 12.8. The van der Waals surface area contributed by atoms with Gasteiger partial charge in [0, 0.05) is 31.9 Å². The fraction of sp³-hybridized carbons (Fsp3) is 0.625. The van der Waals surface area contributed by atoms with E-state index in [4.69, 9.17) is 4.74 Å². The van der Waals surface area contributed by atoms with E-state index in [-0.39, 0.29) is 11.9 Å². The predicted octanol–water partition coefficient (Wildman–Crippen LogP) is 1.76. The van der Waals surface area contributed by atoms with E-state index in [0.29, 0.717) is 6.42 Å². The zero-order chi connectivity index (χ0) is 14.9. The molecule has 1 amide bonds. The van der Waals surface area contributed by atoms with Crippen LogP contribution in [-0.2, 0) is 9.53 Å². The molecule has 1 aromatic heterocycles. The molecule has 0 aliphatic carbocycles. The van der Waals surface area contributed by atoms with Crippen molar-refractivity contribution in [3.63, 3.8) is 0 Å². The topological polar surface area (TPSA) is 54.5 Å². The van der Waals surface area contributed by atoms with Crippen LogP contribution < -0.4 is 5.32 Å². The molecule has 116 valence electrons. The Balaban J connectivity index is 1.70. The van der Waals surface area contributed by atoms with Gasteiger partial charge in [-0.25, -0.2) is 0 Å². The number of nitrogens with one attached hydrogen (secondary N) is 1. The number of morpholine rings is 1. The second-order valence-corrected chi connectivity index (χ2v) is 5.37. The van der Waals surface area contributed by atoms with Gasteiger partial charge in [-0.15, -0.1) is 0 Å². The minimum absolute atomic E-state index is 0.0869. The lowest BCUT2D eigenvalue weighted by molar-refractivity contribution is -0.122. The summed E-state index contributed by atoms with van der Waals surface area (Å²) in [6.45, 7) is 6.65. The fourth-order valence-electron chi connectivity index (χ4n) is 2.57. The molecule has 0 spiro atoms. The average Bonchev–Trinajstić information content (AvgIpc) is 2.54. The SMILES string of the molecule is CC[C@H](NC(=O)CCCN1CCOCC1)c1ccncc1. The minimum atomic E-state index is 0.0869. The molecular formula is C16H25N3O2. The minimum Gasteiger partial charge on any atom is -0.379 e. The first-order valence-corrected chi connectivity index (χ1v) is 7.79. The van der Waals surface area contributed by atoms with Gasteiger partial charge < -0.3 is 10.1 Å². The summed E-state index contributed by atoms with van der Waals surface area (Å²) in [4.78, 5) is 18.4. The molecule has 5 heteroatoms. The molecule has 1 aliphatic rings. The summed E-state index contributed by atoms with van der Waals surface area (Å²) >= 11 is 0. The van der Waals surface area contributed by atoms with Gasteiger partial charge in [-0.2, -0.15) is 0 Å². The molecule has 2 rings (SSSR count). The lowest BCUT2D eigenvalue weighted by Gasteiger charge is -2.26. The van der Waals surface area contributed by atoms with Crippen LogP contribution in [0.5, 0.6) is 0 Å². The van der Waals surface area contributed by atoms with Crippen molar-refractivity contribution in [1.29, 1.82) is 0 Å². The third kappa shape index (κ3) is 5.44. The van der Waals surface area contributed by atoms with Crippen LogP contribution in [0.3, 0.4) is 0 Å². The second-order valence-electron chi connectivity index (χ2n) is 5.37. The van der Waals surface area contributed by atoms with Crippen LogP contribution in [0.2, 0.25) is 0 Å². The molecule has 0 radical (unpaired) electrons. The number of nitrogens with zero attached hydrogens (tertiary/aromatic N) is 2. The average molecular weight is 291 g/mol. The van der Waals surface area contributed by atoms with Gasteiger partial charge in [0.15, 0.2) is 0 Å². The molecule has 0 saturated carbocycles.